The van der Waals surface area contributed by atoms with Crippen LogP contribution in [0, 0.1) is 6.92 Å². The molecule has 6 heteroatoms. The molecule has 0 unspecified atom stereocenters. The van der Waals surface area contributed by atoms with Gasteiger partial charge in [-0.2, -0.15) is 4.52 Å². The van der Waals surface area contributed by atoms with Gasteiger partial charge in [-0.25, -0.2) is 9.97 Å². The Bertz CT molecular complexity index is 781. The van der Waals surface area contributed by atoms with E-state index in [-0.39, 0.29) is 0 Å². The SMILES string of the molecule is C=C(Br)CSc1nc2ccccc2c2nc(C)nn12. The van der Waals surface area contributed by atoms with E-state index in [1.54, 1.807) is 16.3 Å². The molecule has 0 aliphatic rings. The van der Waals surface area contributed by atoms with Gasteiger partial charge in [0.25, 0.3) is 0 Å². The molecule has 0 fully saturated rings. The highest BCUT2D eigenvalue weighted by Crippen LogP contribution is 2.25. The van der Waals surface area contributed by atoms with Crippen molar-refractivity contribution in [3.05, 3.63) is 41.2 Å². The van der Waals surface area contributed by atoms with E-state index in [9.17, 15) is 0 Å². The smallest absolute Gasteiger partial charge is 0.191 e. The second-order valence-electron chi connectivity index (χ2n) is 4.11. The molecular weight excluding hydrogens is 324 g/mol. The first-order chi connectivity index (χ1) is 9.15. The summed E-state index contributed by atoms with van der Waals surface area (Å²) >= 11 is 4.95. The lowest BCUT2D eigenvalue weighted by molar-refractivity contribution is 0.798. The second-order valence-corrected chi connectivity index (χ2v) is 6.18. The van der Waals surface area contributed by atoms with E-state index in [1.165, 1.54) is 0 Å². The fourth-order valence-electron chi connectivity index (χ4n) is 1.87. The zero-order valence-corrected chi connectivity index (χ0v) is 12.7. The molecule has 0 N–H and O–H groups in total. The van der Waals surface area contributed by atoms with Gasteiger partial charge in [0.05, 0.1) is 5.52 Å². The normalized spacial score (nSPS) is 11.3. The lowest BCUT2D eigenvalue weighted by atomic mass is 10.2. The molecule has 2 heterocycles. The Kier molecular flexibility index (Phi) is 3.28. The number of hydrogen-bond donors (Lipinski definition) is 0. The van der Waals surface area contributed by atoms with E-state index in [1.807, 2.05) is 31.2 Å². The molecule has 0 saturated carbocycles. The van der Waals surface area contributed by atoms with E-state index < -0.39 is 0 Å². The van der Waals surface area contributed by atoms with Crippen LogP contribution in [0.25, 0.3) is 16.6 Å². The number of para-hydroxylation sites is 1. The summed E-state index contributed by atoms with van der Waals surface area (Å²) in [5.41, 5.74) is 1.79. The van der Waals surface area contributed by atoms with Crippen molar-refractivity contribution < 1.29 is 0 Å². The summed E-state index contributed by atoms with van der Waals surface area (Å²) in [4.78, 5) is 9.14. The van der Waals surface area contributed by atoms with Crippen LogP contribution in [0.5, 0.6) is 0 Å². The Hall–Kier alpha value is -1.40. The Morgan fingerprint density at radius 1 is 1.37 bits per heavy atom. The van der Waals surface area contributed by atoms with Crippen molar-refractivity contribution in [1.82, 2.24) is 19.6 Å². The molecule has 0 radical (unpaired) electrons. The number of hydrogen-bond acceptors (Lipinski definition) is 4. The van der Waals surface area contributed by atoms with Gasteiger partial charge in [-0.05, 0) is 23.5 Å². The van der Waals surface area contributed by atoms with Crippen LogP contribution in [0.3, 0.4) is 0 Å². The molecule has 0 spiro atoms. The van der Waals surface area contributed by atoms with Gasteiger partial charge in [-0.1, -0.05) is 46.4 Å². The molecule has 0 aliphatic carbocycles. The monoisotopic (exact) mass is 334 g/mol. The molecule has 0 amide bonds. The molecule has 3 rings (SSSR count). The van der Waals surface area contributed by atoms with Crippen molar-refractivity contribution in [3.8, 4) is 0 Å². The summed E-state index contributed by atoms with van der Waals surface area (Å²) in [6.07, 6.45) is 0. The van der Waals surface area contributed by atoms with Gasteiger partial charge in [-0.15, -0.1) is 5.10 Å². The first-order valence-electron chi connectivity index (χ1n) is 5.73. The van der Waals surface area contributed by atoms with Crippen LogP contribution in [0.1, 0.15) is 5.82 Å². The van der Waals surface area contributed by atoms with Gasteiger partial charge in [0.2, 0.25) is 0 Å². The highest BCUT2D eigenvalue weighted by Gasteiger charge is 2.11. The van der Waals surface area contributed by atoms with Crippen LogP contribution in [-0.2, 0) is 0 Å². The van der Waals surface area contributed by atoms with E-state index in [0.29, 0.717) is 0 Å². The number of thioether (sulfide) groups is 1. The molecular formula is C13H11BrN4S. The lowest BCUT2D eigenvalue weighted by Gasteiger charge is -2.05. The van der Waals surface area contributed by atoms with Crippen LogP contribution in [0.4, 0.5) is 0 Å². The summed E-state index contributed by atoms with van der Waals surface area (Å²) in [6.45, 7) is 5.73. The summed E-state index contributed by atoms with van der Waals surface area (Å²) in [5, 5.41) is 6.27. The summed E-state index contributed by atoms with van der Waals surface area (Å²) in [7, 11) is 0. The van der Waals surface area contributed by atoms with E-state index in [4.69, 9.17) is 0 Å². The van der Waals surface area contributed by atoms with E-state index in [0.717, 1.165) is 37.8 Å². The van der Waals surface area contributed by atoms with Crippen molar-refractivity contribution in [1.29, 1.82) is 0 Å². The predicted octanol–water partition coefficient (Wildman–Crippen LogP) is 3.59. The predicted molar refractivity (Wildman–Crippen MR) is 81.8 cm³/mol. The van der Waals surface area contributed by atoms with E-state index in [2.05, 4.69) is 37.6 Å². The van der Waals surface area contributed by atoms with Gasteiger partial charge in [0.15, 0.2) is 10.8 Å². The van der Waals surface area contributed by atoms with Gasteiger partial charge in [0, 0.05) is 11.1 Å². The number of rotatable bonds is 3. The molecule has 4 nitrogen and oxygen atoms in total. The number of aromatic nitrogens is 4. The highest BCUT2D eigenvalue weighted by atomic mass is 79.9. The molecule has 2 aromatic heterocycles. The van der Waals surface area contributed by atoms with Crippen LogP contribution in [0.15, 0.2) is 40.5 Å². The van der Waals surface area contributed by atoms with Gasteiger partial charge < -0.3 is 0 Å². The molecule has 0 saturated heterocycles. The minimum Gasteiger partial charge on any atom is -0.222 e. The third-order valence-electron chi connectivity index (χ3n) is 2.61. The zero-order valence-electron chi connectivity index (χ0n) is 10.3. The van der Waals surface area contributed by atoms with Crippen molar-refractivity contribution >= 4 is 44.2 Å². The average molecular weight is 335 g/mol. The fourth-order valence-corrected chi connectivity index (χ4v) is 2.91. The number of halogens is 1. The number of benzene rings is 1. The molecule has 96 valence electrons. The van der Waals surface area contributed by atoms with Crippen molar-refractivity contribution in [3.63, 3.8) is 0 Å². The number of fused-ring (bicyclic) bond motifs is 3. The topological polar surface area (TPSA) is 43.1 Å². The van der Waals surface area contributed by atoms with Crippen molar-refractivity contribution in [2.75, 3.05) is 5.75 Å². The fraction of sp³-hybridized carbons (Fsp3) is 0.154. The molecule has 19 heavy (non-hydrogen) atoms. The quantitative estimate of drug-likeness (QED) is 0.542. The number of nitrogens with zero attached hydrogens (tertiary/aromatic N) is 4. The van der Waals surface area contributed by atoms with Crippen LogP contribution < -0.4 is 0 Å². The Morgan fingerprint density at radius 2 is 2.16 bits per heavy atom. The molecule has 3 aromatic rings. The standard InChI is InChI=1S/C13H11BrN4S/c1-8(14)7-19-13-16-11-6-4-3-5-10(11)12-15-9(2)17-18(12)13/h3-6H,1,7H2,2H3. The lowest BCUT2D eigenvalue weighted by Crippen LogP contribution is -1.98. The van der Waals surface area contributed by atoms with Crippen LogP contribution >= 0.6 is 27.7 Å². The summed E-state index contributed by atoms with van der Waals surface area (Å²) in [5.74, 6) is 1.50. The van der Waals surface area contributed by atoms with Crippen LogP contribution in [0.2, 0.25) is 0 Å². The average Bonchev–Trinajstić information content (AvgIpc) is 2.77. The second kappa shape index (κ2) is 4.94. The van der Waals surface area contributed by atoms with Crippen molar-refractivity contribution in [2.45, 2.75) is 12.1 Å². The third kappa shape index (κ3) is 2.37. The Labute approximate surface area is 123 Å². The van der Waals surface area contributed by atoms with Gasteiger partial charge in [-0.3, -0.25) is 0 Å². The Balaban J connectivity index is 2.26. The maximum absolute atomic E-state index is 4.65. The summed E-state index contributed by atoms with van der Waals surface area (Å²) in [6, 6.07) is 7.98. The first kappa shape index (κ1) is 12.6. The molecule has 0 bridgehead atoms. The number of aryl methyl sites for hydroxylation is 1. The maximum atomic E-state index is 4.65. The summed E-state index contributed by atoms with van der Waals surface area (Å²) < 4.78 is 2.73. The van der Waals surface area contributed by atoms with E-state index >= 15 is 0 Å². The largest absolute Gasteiger partial charge is 0.222 e. The van der Waals surface area contributed by atoms with Crippen molar-refractivity contribution in [2.24, 2.45) is 0 Å². The van der Waals surface area contributed by atoms with Gasteiger partial charge in [0.1, 0.15) is 5.82 Å². The maximum Gasteiger partial charge on any atom is 0.191 e. The minimum absolute atomic E-state index is 0.748. The molecule has 0 aliphatic heterocycles. The zero-order chi connectivity index (χ0) is 13.4. The Morgan fingerprint density at radius 3 is 2.95 bits per heavy atom. The minimum atomic E-state index is 0.748. The first-order valence-corrected chi connectivity index (χ1v) is 7.51. The van der Waals surface area contributed by atoms with Crippen LogP contribution in [-0.4, -0.2) is 25.3 Å². The van der Waals surface area contributed by atoms with Gasteiger partial charge >= 0.3 is 0 Å². The third-order valence-corrected chi connectivity index (χ3v) is 4.28. The molecule has 1 aromatic carbocycles. The molecule has 0 atom stereocenters. The highest BCUT2D eigenvalue weighted by molar-refractivity contribution is 9.11.